The molecular formula is C13H26N2O2. The second-order valence-electron chi connectivity index (χ2n) is 5.26. The number of rotatable bonds is 6. The number of ether oxygens (including phenoxy) is 1. The molecule has 100 valence electrons. The Kier molecular flexibility index (Phi) is 5.40. The number of hydrogen-bond donors (Lipinski definition) is 1. The molecule has 1 heterocycles. The summed E-state index contributed by atoms with van der Waals surface area (Å²) in [6.07, 6.45) is 1.34. The fourth-order valence-corrected chi connectivity index (χ4v) is 2.17. The van der Waals surface area contributed by atoms with E-state index >= 15 is 0 Å². The monoisotopic (exact) mass is 242 g/mol. The Labute approximate surface area is 105 Å². The largest absolute Gasteiger partial charge is 0.377 e. The number of nitrogens with zero attached hydrogens (tertiary/aromatic N) is 1. The molecule has 0 radical (unpaired) electrons. The van der Waals surface area contributed by atoms with E-state index in [-0.39, 0.29) is 24.2 Å². The van der Waals surface area contributed by atoms with Gasteiger partial charge in [0.2, 0.25) is 5.91 Å². The average Bonchev–Trinajstić information content (AvgIpc) is 2.56. The Hall–Kier alpha value is -0.610. The third-order valence-corrected chi connectivity index (χ3v) is 3.13. The molecule has 4 nitrogen and oxygen atoms in total. The fourth-order valence-electron chi connectivity index (χ4n) is 2.17. The molecule has 0 aliphatic carbocycles. The first-order valence-electron chi connectivity index (χ1n) is 6.65. The van der Waals surface area contributed by atoms with E-state index in [0.717, 1.165) is 6.42 Å². The van der Waals surface area contributed by atoms with Gasteiger partial charge in [-0.1, -0.05) is 20.8 Å². The molecule has 2 unspecified atom stereocenters. The summed E-state index contributed by atoms with van der Waals surface area (Å²) in [4.78, 5) is 14.1. The summed E-state index contributed by atoms with van der Waals surface area (Å²) in [5.41, 5.74) is 0. The highest BCUT2D eigenvalue weighted by molar-refractivity contribution is 5.84. The van der Waals surface area contributed by atoms with Gasteiger partial charge < -0.3 is 9.64 Å². The number of carbonyl (C=O) groups is 1. The minimum absolute atomic E-state index is 0.0287. The molecule has 1 N–H and O–H groups in total. The Bertz CT molecular complexity index is 254. The van der Waals surface area contributed by atoms with Crippen LogP contribution in [0.1, 0.15) is 41.0 Å². The second kappa shape index (κ2) is 6.36. The molecule has 0 spiro atoms. The molecule has 1 rings (SSSR count). The Morgan fingerprint density at radius 1 is 1.35 bits per heavy atom. The first-order chi connectivity index (χ1) is 7.97. The van der Waals surface area contributed by atoms with Gasteiger partial charge in [0.05, 0.1) is 24.9 Å². The summed E-state index contributed by atoms with van der Waals surface area (Å²) in [6, 6.07) is -0.0287. The van der Waals surface area contributed by atoms with Crippen LogP contribution >= 0.6 is 0 Å². The van der Waals surface area contributed by atoms with Gasteiger partial charge >= 0.3 is 0 Å². The average molecular weight is 242 g/mol. The van der Waals surface area contributed by atoms with E-state index in [2.05, 4.69) is 26.1 Å². The SMILES string of the molecule is CCC1NC(C(C)C)C(=O)N1CCOC(C)C. The summed E-state index contributed by atoms with van der Waals surface area (Å²) < 4.78 is 5.52. The van der Waals surface area contributed by atoms with E-state index in [1.807, 2.05) is 18.7 Å². The van der Waals surface area contributed by atoms with Crippen molar-refractivity contribution in [1.29, 1.82) is 0 Å². The lowest BCUT2D eigenvalue weighted by Crippen LogP contribution is -2.39. The molecule has 4 heteroatoms. The van der Waals surface area contributed by atoms with E-state index in [0.29, 0.717) is 19.1 Å². The lowest BCUT2D eigenvalue weighted by molar-refractivity contribution is -0.131. The lowest BCUT2D eigenvalue weighted by Gasteiger charge is -2.23. The van der Waals surface area contributed by atoms with Crippen LogP contribution < -0.4 is 5.32 Å². The smallest absolute Gasteiger partial charge is 0.241 e. The molecule has 0 aromatic heterocycles. The van der Waals surface area contributed by atoms with Gasteiger partial charge in [-0.3, -0.25) is 10.1 Å². The summed E-state index contributed by atoms with van der Waals surface area (Å²) >= 11 is 0. The molecule has 1 fully saturated rings. The van der Waals surface area contributed by atoms with Crippen LogP contribution in [0, 0.1) is 5.92 Å². The molecule has 0 bridgehead atoms. The molecule has 1 saturated heterocycles. The van der Waals surface area contributed by atoms with Crippen LogP contribution in [-0.2, 0) is 9.53 Å². The maximum Gasteiger partial charge on any atom is 0.241 e. The summed E-state index contributed by atoms with van der Waals surface area (Å²) in [7, 11) is 0. The molecule has 17 heavy (non-hydrogen) atoms. The zero-order valence-corrected chi connectivity index (χ0v) is 11.7. The first-order valence-corrected chi connectivity index (χ1v) is 6.65. The molecule has 0 aromatic carbocycles. The highest BCUT2D eigenvalue weighted by Crippen LogP contribution is 2.18. The van der Waals surface area contributed by atoms with Crippen molar-refractivity contribution >= 4 is 5.91 Å². The van der Waals surface area contributed by atoms with Gasteiger partial charge in [-0.05, 0) is 26.2 Å². The molecular weight excluding hydrogens is 216 g/mol. The van der Waals surface area contributed by atoms with Crippen molar-refractivity contribution in [3.8, 4) is 0 Å². The highest BCUT2D eigenvalue weighted by Gasteiger charge is 2.38. The van der Waals surface area contributed by atoms with Gasteiger partial charge in [-0.25, -0.2) is 0 Å². The van der Waals surface area contributed by atoms with Crippen molar-refractivity contribution < 1.29 is 9.53 Å². The summed E-state index contributed by atoms with van der Waals surface area (Å²) in [5, 5.41) is 3.40. The second-order valence-corrected chi connectivity index (χ2v) is 5.26. The third-order valence-electron chi connectivity index (χ3n) is 3.13. The minimum Gasteiger partial charge on any atom is -0.377 e. The van der Waals surface area contributed by atoms with Crippen LogP contribution in [0.15, 0.2) is 0 Å². The van der Waals surface area contributed by atoms with E-state index in [1.54, 1.807) is 0 Å². The number of nitrogens with one attached hydrogen (secondary N) is 1. The van der Waals surface area contributed by atoms with Crippen molar-refractivity contribution in [2.75, 3.05) is 13.2 Å². The van der Waals surface area contributed by atoms with Gasteiger partial charge in [-0.15, -0.1) is 0 Å². The van der Waals surface area contributed by atoms with E-state index < -0.39 is 0 Å². The quantitative estimate of drug-likeness (QED) is 0.769. The molecule has 1 amide bonds. The minimum atomic E-state index is -0.0287. The van der Waals surface area contributed by atoms with Crippen LogP contribution in [-0.4, -0.2) is 42.3 Å². The maximum absolute atomic E-state index is 12.2. The molecule has 1 aliphatic rings. The molecule has 1 aliphatic heterocycles. The molecule has 2 atom stereocenters. The standard InChI is InChI=1S/C13H26N2O2/c1-6-11-14-12(9(2)3)13(16)15(11)7-8-17-10(4)5/h9-12,14H,6-8H2,1-5H3. The van der Waals surface area contributed by atoms with Crippen LogP contribution in [0.3, 0.4) is 0 Å². The Balaban J connectivity index is 2.53. The highest BCUT2D eigenvalue weighted by atomic mass is 16.5. The van der Waals surface area contributed by atoms with Gasteiger partial charge in [0.15, 0.2) is 0 Å². The topological polar surface area (TPSA) is 41.6 Å². The van der Waals surface area contributed by atoms with Gasteiger partial charge in [0.1, 0.15) is 0 Å². The van der Waals surface area contributed by atoms with Crippen molar-refractivity contribution in [2.24, 2.45) is 5.92 Å². The first kappa shape index (κ1) is 14.5. The predicted octanol–water partition coefficient (Wildman–Crippen LogP) is 1.60. The predicted molar refractivity (Wildman–Crippen MR) is 68.6 cm³/mol. The van der Waals surface area contributed by atoms with Gasteiger partial charge in [-0.2, -0.15) is 0 Å². The summed E-state index contributed by atoms with van der Waals surface area (Å²) in [6.45, 7) is 11.6. The van der Waals surface area contributed by atoms with Crippen LogP contribution in [0.4, 0.5) is 0 Å². The maximum atomic E-state index is 12.2. The van der Waals surface area contributed by atoms with Crippen molar-refractivity contribution in [1.82, 2.24) is 10.2 Å². The van der Waals surface area contributed by atoms with Crippen molar-refractivity contribution in [2.45, 2.75) is 59.4 Å². The van der Waals surface area contributed by atoms with Crippen LogP contribution in [0.5, 0.6) is 0 Å². The zero-order chi connectivity index (χ0) is 13.0. The van der Waals surface area contributed by atoms with Crippen molar-refractivity contribution in [3.63, 3.8) is 0 Å². The molecule has 0 saturated carbocycles. The number of carbonyl (C=O) groups excluding carboxylic acids is 1. The Morgan fingerprint density at radius 3 is 2.47 bits per heavy atom. The van der Waals surface area contributed by atoms with Gasteiger partial charge in [0, 0.05) is 6.54 Å². The van der Waals surface area contributed by atoms with E-state index in [9.17, 15) is 4.79 Å². The number of hydrogen-bond acceptors (Lipinski definition) is 3. The fraction of sp³-hybridized carbons (Fsp3) is 0.923. The zero-order valence-electron chi connectivity index (χ0n) is 11.7. The summed E-state index contributed by atoms with van der Waals surface area (Å²) in [5.74, 6) is 0.562. The Morgan fingerprint density at radius 2 is 2.00 bits per heavy atom. The third kappa shape index (κ3) is 3.68. The van der Waals surface area contributed by atoms with Crippen LogP contribution in [0.2, 0.25) is 0 Å². The molecule has 0 aromatic rings. The lowest BCUT2D eigenvalue weighted by atomic mass is 10.1. The van der Waals surface area contributed by atoms with Crippen molar-refractivity contribution in [3.05, 3.63) is 0 Å². The van der Waals surface area contributed by atoms with E-state index in [4.69, 9.17) is 4.74 Å². The normalized spacial score (nSPS) is 25.4. The van der Waals surface area contributed by atoms with Gasteiger partial charge in [0.25, 0.3) is 0 Å². The van der Waals surface area contributed by atoms with E-state index in [1.165, 1.54) is 0 Å². The van der Waals surface area contributed by atoms with Crippen LogP contribution in [0.25, 0.3) is 0 Å². The number of amides is 1.